The maximum atomic E-state index is 11.1. The summed E-state index contributed by atoms with van der Waals surface area (Å²) in [7, 11) is 0. The van der Waals surface area contributed by atoms with Crippen LogP contribution in [0, 0.1) is 11.8 Å². The van der Waals surface area contributed by atoms with Gasteiger partial charge in [0.05, 0.1) is 12.5 Å². The molecule has 92 valence electrons. The van der Waals surface area contributed by atoms with Gasteiger partial charge in [-0.15, -0.1) is 0 Å². The molecule has 6 nitrogen and oxygen atoms in total. The molecule has 0 radical (unpaired) electrons. The molecule has 6 heteroatoms. The van der Waals surface area contributed by atoms with Gasteiger partial charge < -0.3 is 14.8 Å². The molecule has 1 heterocycles. The number of carbonyl (C=O) groups is 1. The molecule has 0 aromatic carbocycles. The summed E-state index contributed by atoms with van der Waals surface area (Å²) in [6.07, 6.45) is 2.23. The molecule has 0 aromatic rings. The third-order valence-corrected chi connectivity index (χ3v) is 3.70. The number of nitrogens with one attached hydrogen (secondary N) is 1. The van der Waals surface area contributed by atoms with Crippen LogP contribution in [0.15, 0.2) is 0 Å². The number of carbonyl (C=O) groups excluding carboxylic acids is 1. The second-order valence-electron chi connectivity index (χ2n) is 4.67. The van der Waals surface area contributed by atoms with Gasteiger partial charge in [-0.2, -0.15) is 0 Å². The topological polar surface area (TPSA) is 87.8 Å². The Balaban J connectivity index is 1.71. The van der Waals surface area contributed by atoms with E-state index in [4.69, 9.17) is 5.84 Å². The second-order valence-corrected chi connectivity index (χ2v) is 4.67. The number of aliphatic hydroxyl groups excluding tert-OH is 1. The average Bonchev–Trinajstić information content (AvgIpc) is 2.79. The highest BCUT2D eigenvalue weighted by molar-refractivity contribution is 5.69. The van der Waals surface area contributed by atoms with Crippen LogP contribution in [-0.4, -0.2) is 41.7 Å². The van der Waals surface area contributed by atoms with Crippen molar-refractivity contribution < 1.29 is 14.7 Å². The summed E-state index contributed by atoms with van der Waals surface area (Å²) >= 11 is 0. The first-order chi connectivity index (χ1) is 7.70. The van der Waals surface area contributed by atoms with Crippen LogP contribution in [0.25, 0.3) is 0 Å². The fraction of sp³-hybridized carbons (Fsp3) is 0.900. The van der Waals surface area contributed by atoms with E-state index < -0.39 is 0 Å². The molecule has 0 spiro atoms. The molecule has 2 rings (SSSR count). The van der Waals surface area contributed by atoms with Gasteiger partial charge in [0.15, 0.2) is 0 Å². The summed E-state index contributed by atoms with van der Waals surface area (Å²) in [4.78, 5) is 17.7. The number of hydrazine groups is 1. The minimum Gasteiger partial charge on any atom is -0.393 e. The molecular weight excluding hydrogens is 210 g/mol. The zero-order valence-electron chi connectivity index (χ0n) is 9.26. The molecule has 1 saturated heterocycles. The number of nitrogens with zero attached hydrogens (tertiary/aromatic N) is 1. The summed E-state index contributed by atoms with van der Waals surface area (Å²) in [5, 5.41) is 9.73. The highest BCUT2D eigenvalue weighted by atomic mass is 16.7. The maximum absolute atomic E-state index is 11.1. The lowest BCUT2D eigenvalue weighted by Gasteiger charge is -2.17. The van der Waals surface area contributed by atoms with Crippen LogP contribution < -0.4 is 11.4 Å². The van der Waals surface area contributed by atoms with Gasteiger partial charge in [-0.3, -0.25) is 4.79 Å². The number of aliphatic hydroxyl groups is 1. The van der Waals surface area contributed by atoms with Crippen LogP contribution in [0.2, 0.25) is 0 Å². The van der Waals surface area contributed by atoms with Gasteiger partial charge in [-0.1, -0.05) is 5.59 Å². The Morgan fingerprint density at radius 2 is 2.31 bits per heavy atom. The van der Waals surface area contributed by atoms with E-state index in [0.717, 1.165) is 25.9 Å². The van der Waals surface area contributed by atoms with E-state index in [-0.39, 0.29) is 12.1 Å². The van der Waals surface area contributed by atoms with E-state index in [2.05, 4.69) is 9.74 Å². The third-order valence-electron chi connectivity index (χ3n) is 3.70. The van der Waals surface area contributed by atoms with Crippen LogP contribution in [0.3, 0.4) is 0 Å². The van der Waals surface area contributed by atoms with Crippen molar-refractivity contribution in [1.82, 2.24) is 10.5 Å². The van der Waals surface area contributed by atoms with Crippen molar-refractivity contribution in [1.29, 1.82) is 0 Å². The Bertz CT molecular complexity index is 262. The molecule has 1 aliphatic carbocycles. The number of hydrogen-bond donors (Lipinski definition) is 3. The molecule has 0 bridgehead atoms. The lowest BCUT2D eigenvalue weighted by Crippen LogP contribution is -2.30. The van der Waals surface area contributed by atoms with E-state index in [1.165, 1.54) is 0 Å². The molecule has 0 aromatic heterocycles. The highest BCUT2D eigenvalue weighted by Gasteiger charge is 2.41. The number of nitrogens with two attached hydrogens (primary N) is 1. The number of fused-ring (bicyclic) bond motifs is 1. The second kappa shape index (κ2) is 5.09. The average molecular weight is 229 g/mol. The SMILES string of the molecule is NNOC(=O)CCN1CC2CCC(O)C2C1. The van der Waals surface area contributed by atoms with Crippen molar-refractivity contribution in [2.75, 3.05) is 19.6 Å². The Morgan fingerprint density at radius 3 is 3.00 bits per heavy atom. The van der Waals surface area contributed by atoms with Crippen molar-refractivity contribution >= 4 is 5.97 Å². The van der Waals surface area contributed by atoms with Crippen LogP contribution in [0.1, 0.15) is 19.3 Å². The smallest absolute Gasteiger partial charge is 0.327 e. The van der Waals surface area contributed by atoms with Crippen molar-refractivity contribution in [2.45, 2.75) is 25.4 Å². The molecule has 3 atom stereocenters. The van der Waals surface area contributed by atoms with Gasteiger partial charge in [0, 0.05) is 25.6 Å². The van der Waals surface area contributed by atoms with Crippen LogP contribution in [-0.2, 0) is 9.63 Å². The van der Waals surface area contributed by atoms with E-state index in [1.54, 1.807) is 0 Å². The van der Waals surface area contributed by atoms with Crippen molar-refractivity contribution in [3.8, 4) is 0 Å². The lowest BCUT2D eigenvalue weighted by atomic mass is 10.00. The van der Waals surface area contributed by atoms with Gasteiger partial charge >= 0.3 is 5.97 Å². The zero-order chi connectivity index (χ0) is 11.5. The van der Waals surface area contributed by atoms with Crippen LogP contribution >= 0.6 is 0 Å². The highest BCUT2D eigenvalue weighted by Crippen LogP contribution is 2.37. The Hall–Kier alpha value is -0.690. The molecule has 16 heavy (non-hydrogen) atoms. The Labute approximate surface area is 94.7 Å². The van der Waals surface area contributed by atoms with E-state index >= 15 is 0 Å². The molecule has 3 unspecified atom stereocenters. The minimum atomic E-state index is -0.347. The summed E-state index contributed by atoms with van der Waals surface area (Å²) < 4.78 is 0. The molecule has 2 fully saturated rings. The predicted octanol–water partition coefficient (Wildman–Crippen LogP) is -0.999. The predicted molar refractivity (Wildman–Crippen MR) is 56.7 cm³/mol. The number of rotatable bonds is 4. The quantitative estimate of drug-likeness (QED) is 0.423. The van der Waals surface area contributed by atoms with Crippen LogP contribution in [0.4, 0.5) is 0 Å². The standard InChI is InChI=1S/C10H19N3O3/c11-12-16-10(15)3-4-13-5-7-1-2-9(14)8(7)6-13/h7-9,12,14H,1-6,11H2. The molecule has 0 amide bonds. The summed E-state index contributed by atoms with van der Waals surface area (Å²) in [5.74, 6) is 5.54. The summed E-state index contributed by atoms with van der Waals surface area (Å²) in [6.45, 7) is 2.57. The van der Waals surface area contributed by atoms with Gasteiger partial charge in [0.1, 0.15) is 0 Å². The fourth-order valence-corrected chi connectivity index (χ4v) is 2.88. The molecular formula is C10H19N3O3. The fourth-order valence-electron chi connectivity index (χ4n) is 2.88. The Morgan fingerprint density at radius 1 is 1.50 bits per heavy atom. The molecule has 2 aliphatic rings. The maximum Gasteiger partial charge on any atom is 0.327 e. The van der Waals surface area contributed by atoms with Gasteiger partial charge in [-0.25, -0.2) is 5.84 Å². The van der Waals surface area contributed by atoms with Gasteiger partial charge in [0.2, 0.25) is 0 Å². The lowest BCUT2D eigenvalue weighted by molar-refractivity contribution is -0.151. The molecule has 1 aliphatic heterocycles. The largest absolute Gasteiger partial charge is 0.393 e. The zero-order valence-corrected chi connectivity index (χ0v) is 9.26. The van der Waals surface area contributed by atoms with Crippen LogP contribution in [0.5, 0.6) is 0 Å². The van der Waals surface area contributed by atoms with Crippen molar-refractivity contribution in [3.05, 3.63) is 0 Å². The first-order valence-electron chi connectivity index (χ1n) is 5.76. The monoisotopic (exact) mass is 229 g/mol. The molecule has 4 N–H and O–H groups in total. The number of likely N-dealkylation sites (tertiary alicyclic amines) is 1. The van der Waals surface area contributed by atoms with Crippen molar-refractivity contribution in [2.24, 2.45) is 17.7 Å². The van der Waals surface area contributed by atoms with E-state index in [0.29, 0.717) is 24.8 Å². The normalized spacial score (nSPS) is 34.0. The van der Waals surface area contributed by atoms with Gasteiger partial charge in [0.25, 0.3) is 0 Å². The molecule has 1 saturated carbocycles. The van der Waals surface area contributed by atoms with E-state index in [9.17, 15) is 9.90 Å². The first kappa shape index (κ1) is 11.8. The number of hydrogen-bond acceptors (Lipinski definition) is 6. The van der Waals surface area contributed by atoms with E-state index in [1.807, 2.05) is 5.59 Å². The Kier molecular flexibility index (Phi) is 3.75. The minimum absolute atomic E-state index is 0.146. The summed E-state index contributed by atoms with van der Waals surface area (Å²) in [5.41, 5.74) is 1.88. The van der Waals surface area contributed by atoms with Crippen molar-refractivity contribution in [3.63, 3.8) is 0 Å². The first-order valence-corrected chi connectivity index (χ1v) is 5.76. The van der Waals surface area contributed by atoms with Gasteiger partial charge in [-0.05, 0) is 18.8 Å². The summed E-state index contributed by atoms with van der Waals surface area (Å²) in [6, 6.07) is 0. The third kappa shape index (κ3) is 2.52.